The van der Waals surface area contributed by atoms with Gasteiger partial charge in [-0.25, -0.2) is 4.98 Å². The average molecular weight is 298 g/mol. The molecule has 1 aromatic carbocycles. The van der Waals surface area contributed by atoms with E-state index in [-0.39, 0.29) is 5.84 Å². The Labute approximate surface area is 119 Å². The number of hydrogen-bond donors (Lipinski definition) is 2. The molecule has 0 amide bonds. The number of hydrogen-bond acceptors (Lipinski definition) is 4. The average Bonchev–Trinajstić information content (AvgIpc) is 2.42. The number of nitrogens with zero attached hydrogens (tertiary/aromatic N) is 2. The van der Waals surface area contributed by atoms with Gasteiger partial charge in [-0.05, 0) is 18.2 Å². The van der Waals surface area contributed by atoms with Gasteiger partial charge in [0.2, 0.25) is 5.88 Å². The summed E-state index contributed by atoms with van der Waals surface area (Å²) in [6.07, 6.45) is 1.49. The van der Waals surface area contributed by atoms with Crippen LogP contribution in [-0.2, 0) is 0 Å². The van der Waals surface area contributed by atoms with Crippen LogP contribution in [-0.4, -0.2) is 16.0 Å². The SMILES string of the molecule is N/C(=N\O)c1ccnc(Oc2ccc(Cl)c(Cl)c2)c1. The monoisotopic (exact) mass is 297 g/mol. The van der Waals surface area contributed by atoms with E-state index in [0.717, 1.165) is 0 Å². The molecule has 1 heterocycles. The van der Waals surface area contributed by atoms with Crippen molar-refractivity contribution >= 4 is 29.0 Å². The van der Waals surface area contributed by atoms with Crippen LogP contribution < -0.4 is 10.5 Å². The predicted octanol–water partition coefficient (Wildman–Crippen LogP) is 3.28. The van der Waals surface area contributed by atoms with E-state index in [0.29, 0.717) is 27.2 Å². The molecule has 0 unspecified atom stereocenters. The summed E-state index contributed by atoms with van der Waals surface area (Å²) in [6, 6.07) is 7.98. The molecule has 1 aromatic heterocycles. The second-order valence-corrected chi connectivity index (χ2v) is 4.36. The smallest absolute Gasteiger partial charge is 0.219 e. The van der Waals surface area contributed by atoms with Gasteiger partial charge in [-0.3, -0.25) is 0 Å². The van der Waals surface area contributed by atoms with Crippen molar-refractivity contribution in [1.82, 2.24) is 4.98 Å². The van der Waals surface area contributed by atoms with E-state index in [1.807, 2.05) is 0 Å². The minimum absolute atomic E-state index is 0.0265. The molecule has 98 valence electrons. The van der Waals surface area contributed by atoms with Gasteiger partial charge in [0, 0.05) is 23.9 Å². The van der Waals surface area contributed by atoms with Crippen molar-refractivity contribution in [2.75, 3.05) is 0 Å². The molecular formula is C12H9Cl2N3O2. The molecule has 0 radical (unpaired) electrons. The molecule has 0 fully saturated rings. The molecule has 0 atom stereocenters. The highest BCUT2D eigenvalue weighted by Crippen LogP contribution is 2.28. The Morgan fingerprint density at radius 1 is 1.21 bits per heavy atom. The third-order valence-electron chi connectivity index (χ3n) is 2.25. The number of ether oxygens (including phenoxy) is 1. The summed E-state index contributed by atoms with van der Waals surface area (Å²) in [4.78, 5) is 4.01. The number of oxime groups is 1. The van der Waals surface area contributed by atoms with Crippen LogP contribution in [0.15, 0.2) is 41.7 Å². The quantitative estimate of drug-likeness (QED) is 0.394. The van der Waals surface area contributed by atoms with Gasteiger partial charge in [0.05, 0.1) is 10.0 Å². The van der Waals surface area contributed by atoms with Crippen LogP contribution in [0.1, 0.15) is 5.56 Å². The molecule has 0 aliphatic heterocycles. The highest BCUT2D eigenvalue weighted by Gasteiger charge is 2.05. The Balaban J connectivity index is 2.26. The van der Waals surface area contributed by atoms with Crippen LogP contribution in [0.2, 0.25) is 10.0 Å². The van der Waals surface area contributed by atoms with Gasteiger partial charge in [0.15, 0.2) is 5.84 Å². The molecule has 0 saturated heterocycles. The second-order valence-electron chi connectivity index (χ2n) is 3.55. The van der Waals surface area contributed by atoms with Crippen LogP contribution in [0, 0.1) is 0 Å². The van der Waals surface area contributed by atoms with E-state index < -0.39 is 0 Å². The Bertz CT molecular complexity index is 632. The van der Waals surface area contributed by atoms with Crippen molar-refractivity contribution in [3.63, 3.8) is 0 Å². The molecule has 2 rings (SSSR count). The summed E-state index contributed by atoms with van der Waals surface area (Å²) in [5.41, 5.74) is 5.97. The Kier molecular flexibility index (Phi) is 4.09. The van der Waals surface area contributed by atoms with E-state index in [1.54, 1.807) is 24.3 Å². The fraction of sp³-hybridized carbons (Fsp3) is 0. The molecule has 3 N–H and O–H groups in total. The Morgan fingerprint density at radius 3 is 2.68 bits per heavy atom. The number of benzene rings is 1. The van der Waals surface area contributed by atoms with Gasteiger partial charge in [0.25, 0.3) is 0 Å². The van der Waals surface area contributed by atoms with Crippen molar-refractivity contribution < 1.29 is 9.94 Å². The molecule has 0 aliphatic carbocycles. The summed E-state index contributed by atoms with van der Waals surface area (Å²) in [6.45, 7) is 0. The highest BCUT2D eigenvalue weighted by molar-refractivity contribution is 6.42. The summed E-state index contributed by atoms with van der Waals surface area (Å²) < 4.78 is 5.50. The van der Waals surface area contributed by atoms with Crippen molar-refractivity contribution in [3.8, 4) is 11.6 Å². The van der Waals surface area contributed by atoms with Gasteiger partial charge < -0.3 is 15.7 Å². The fourth-order valence-electron chi connectivity index (χ4n) is 1.34. The lowest BCUT2D eigenvalue weighted by Gasteiger charge is -2.06. The van der Waals surface area contributed by atoms with Crippen LogP contribution in [0.4, 0.5) is 0 Å². The topological polar surface area (TPSA) is 80.7 Å². The number of rotatable bonds is 3. The van der Waals surface area contributed by atoms with Crippen molar-refractivity contribution in [2.24, 2.45) is 10.9 Å². The molecule has 0 aliphatic rings. The van der Waals surface area contributed by atoms with E-state index in [2.05, 4.69) is 10.1 Å². The number of nitrogens with two attached hydrogens (primary N) is 1. The summed E-state index contributed by atoms with van der Waals surface area (Å²) in [5.74, 6) is 0.752. The lowest BCUT2D eigenvalue weighted by molar-refractivity contribution is 0.318. The predicted molar refractivity (Wildman–Crippen MR) is 73.3 cm³/mol. The summed E-state index contributed by atoms with van der Waals surface area (Å²) in [5, 5.41) is 12.3. The van der Waals surface area contributed by atoms with Gasteiger partial charge in [-0.15, -0.1) is 0 Å². The molecule has 19 heavy (non-hydrogen) atoms. The van der Waals surface area contributed by atoms with Gasteiger partial charge >= 0.3 is 0 Å². The lowest BCUT2D eigenvalue weighted by Crippen LogP contribution is -2.13. The van der Waals surface area contributed by atoms with Crippen LogP contribution in [0.25, 0.3) is 0 Å². The number of aromatic nitrogens is 1. The van der Waals surface area contributed by atoms with Crippen LogP contribution in [0.5, 0.6) is 11.6 Å². The van der Waals surface area contributed by atoms with E-state index in [1.165, 1.54) is 12.3 Å². The van der Waals surface area contributed by atoms with E-state index in [9.17, 15) is 0 Å². The number of halogens is 2. The van der Waals surface area contributed by atoms with Crippen LogP contribution in [0.3, 0.4) is 0 Å². The second kappa shape index (κ2) is 5.77. The van der Waals surface area contributed by atoms with Crippen molar-refractivity contribution in [1.29, 1.82) is 0 Å². The van der Waals surface area contributed by atoms with E-state index >= 15 is 0 Å². The molecule has 0 spiro atoms. The molecule has 0 saturated carbocycles. The number of amidine groups is 1. The minimum atomic E-state index is -0.0265. The van der Waals surface area contributed by atoms with Gasteiger partial charge in [-0.2, -0.15) is 0 Å². The maximum Gasteiger partial charge on any atom is 0.219 e. The fourth-order valence-corrected chi connectivity index (χ4v) is 1.63. The molecule has 2 aromatic rings. The molecular weight excluding hydrogens is 289 g/mol. The zero-order valence-corrected chi connectivity index (χ0v) is 11.1. The minimum Gasteiger partial charge on any atom is -0.439 e. The zero-order valence-electron chi connectivity index (χ0n) is 9.55. The molecule has 0 bridgehead atoms. The van der Waals surface area contributed by atoms with E-state index in [4.69, 9.17) is 38.9 Å². The first kappa shape index (κ1) is 13.5. The first-order valence-corrected chi connectivity index (χ1v) is 5.92. The first-order valence-electron chi connectivity index (χ1n) is 5.17. The lowest BCUT2D eigenvalue weighted by atomic mass is 10.2. The Hall–Kier alpha value is -1.98. The molecule has 7 heteroatoms. The first-order chi connectivity index (χ1) is 9.10. The summed E-state index contributed by atoms with van der Waals surface area (Å²) >= 11 is 11.7. The standard InChI is InChI=1S/C12H9Cl2N3O2/c13-9-2-1-8(6-10(9)14)19-11-5-7(3-4-16-11)12(15)17-18/h1-6,18H,(H2,15,17). The Morgan fingerprint density at radius 2 is 2.00 bits per heavy atom. The van der Waals surface area contributed by atoms with Crippen molar-refractivity contribution in [2.45, 2.75) is 0 Å². The maximum absolute atomic E-state index is 8.61. The summed E-state index contributed by atoms with van der Waals surface area (Å²) in [7, 11) is 0. The number of pyridine rings is 1. The normalized spacial score (nSPS) is 11.4. The third kappa shape index (κ3) is 3.27. The zero-order chi connectivity index (χ0) is 13.8. The maximum atomic E-state index is 8.61. The van der Waals surface area contributed by atoms with Crippen molar-refractivity contribution in [3.05, 3.63) is 52.1 Å². The third-order valence-corrected chi connectivity index (χ3v) is 2.99. The largest absolute Gasteiger partial charge is 0.439 e. The van der Waals surface area contributed by atoms with Gasteiger partial charge in [0.1, 0.15) is 5.75 Å². The van der Waals surface area contributed by atoms with Gasteiger partial charge in [-0.1, -0.05) is 28.4 Å². The molecule has 5 nitrogen and oxygen atoms in total. The van der Waals surface area contributed by atoms with Crippen LogP contribution >= 0.6 is 23.2 Å². The highest BCUT2D eigenvalue weighted by atomic mass is 35.5.